The topological polar surface area (TPSA) is 38.7 Å². The van der Waals surface area contributed by atoms with Crippen molar-refractivity contribution in [1.82, 2.24) is 0 Å². The van der Waals surface area contributed by atoms with Crippen molar-refractivity contribution in [3.63, 3.8) is 0 Å². The molecule has 0 aromatic heterocycles. The predicted octanol–water partition coefficient (Wildman–Crippen LogP) is 4.00. The van der Waals surface area contributed by atoms with Crippen LogP contribution in [0.1, 0.15) is 22.8 Å². The van der Waals surface area contributed by atoms with E-state index < -0.39 is 11.9 Å². The molecule has 0 saturated carbocycles. The van der Waals surface area contributed by atoms with Gasteiger partial charge >= 0.3 is 0 Å². The quantitative estimate of drug-likeness (QED) is 0.901. The summed E-state index contributed by atoms with van der Waals surface area (Å²) in [5.41, 5.74) is 1.70. The van der Waals surface area contributed by atoms with Gasteiger partial charge in [-0.15, -0.1) is 0 Å². The Balaban J connectivity index is 2.53. The molecule has 1 atom stereocenters. The van der Waals surface area contributed by atoms with E-state index in [9.17, 15) is 9.50 Å². The summed E-state index contributed by atoms with van der Waals surface area (Å²) in [6.45, 7) is 1.91. The molecule has 3 nitrogen and oxygen atoms in total. The second-order valence-corrected chi connectivity index (χ2v) is 5.40. The standard InChI is InChI=1S/C16H16BrFO3/c1-9-5-4-6-10(15(9)17)16(19)11-7-13(20-2)14(21-3)8-12(11)18/h4-8,16,19H,1-3H3. The molecule has 2 rings (SSSR count). The number of hydrogen-bond acceptors (Lipinski definition) is 3. The van der Waals surface area contributed by atoms with Crippen LogP contribution in [0.3, 0.4) is 0 Å². The average Bonchev–Trinajstić information content (AvgIpc) is 2.49. The lowest BCUT2D eigenvalue weighted by Crippen LogP contribution is -2.05. The Morgan fingerprint density at radius 1 is 1.10 bits per heavy atom. The van der Waals surface area contributed by atoms with Crippen LogP contribution in [0.2, 0.25) is 0 Å². The summed E-state index contributed by atoms with van der Waals surface area (Å²) >= 11 is 3.43. The lowest BCUT2D eigenvalue weighted by molar-refractivity contribution is 0.213. The molecule has 0 aliphatic heterocycles. The molecule has 5 heteroatoms. The molecule has 112 valence electrons. The van der Waals surface area contributed by atoms with Crippen LogP contribution in [-0.2, 0) is 0 Å². The fraction of sp³-hybridized carbons (Fsp3) is 0.250. The Morgan fingerprint density at radius 3 is 2.33 bits per heavy atom. The summed E-state index contributed by atoms with van der Waals surface area (Å²) in [4.78, 5) is 0. The first-order valence-corrected chi connectivity index (χ1v) is 7.13. The predicted molar refractivity (Wildman–Crippen MR) is 82.4 cm³/mol. The number of rotatable bonds is 4. The lowest BCUT2D eigenvalue weighted by atomic mass is 9.99. The normalized spacial score (nSPS) is 12.1. The molecule has 21 heavy (non-hydrogen) atoms. The van der Waals surface area contributed by atoms with E-state index >= 15 is 0 Å². The molecule has 0 bridgehead atoms. The van der Waals surface area contributed by atoms with Gasteiger partial charge in [-0.25, -0.2) is 4.39 Å². The minimum atomic E-state index is -1.10. The first kappa shape index (κ1) is 15.8. The lowest BCUT2D eigenvalue weighted by Gasteiger charge is -2.17. The van der Waals surface area contributed by atoms with Gasteiger partial charge in [-0.1, -0.05) is 34.1 Å². The molecule has 0 heterocycles. The summed E-state index contributed by atoms with van der Waals surface area (Å²) < 4.78 is 25.2. The Morgan fingerprint density at radius 2 is 1.71 bits per heavy atom. The zero-order valence-corrected chi connectivity index (χ0v) is 13.6. The van der Waals surface area contributed by atoms with E-state index in [4.69, 9.17) is 9.47 Å². The van der Waals surface area contributed by atoms with Gasteiger partial charge in [0.15, 0.2) is 11.5 Å². The van der Waals surface area contributed by atoms with E-state index in [1.807, 2.05) is 19.1 Å². The number of methoxy groups -OCH3 is 2. The van der Waals surface area contributed by atoms with Crippen LogP contribution in [0, 0.1) is 12.7 Å². The number of aryl methyl sites for hydroxylation is 1. The van der Waals surface area contributed by atoms with Crippen LogP contribution in [-0.4, -0.2) is 19.3 Å². The summed E-state index contributed by atoms with van der Waals surface area (Å²) in [5, 5.41) is 10.5. The molecule has 0 aliphatic carbocycles. The zero-order valence-electron chi connectivity index (χ0n) is 12.0. The van der Waals surface area contributed by atoms with Crippen LogP contribution >= 0.6 is 15.9 Å². The van der Waals surface area contributed by atoms with E-state index in [1.165, 1.54) is 26.4 Å². The van der Waals surface area contributed by atoms with Gasteiger partial charge in [0.05, 0.1) is 14.2 Å². The van der Waals surface area contributed by atoms with Gasteiger partial charge in [0, 0.05) is 16.1 Å². The number of aliphatic hydroxyl groups is 1. The van der Waals surface area contributed by atoms with Gasteiger partial charge in [-0.3, -0.25) is 0 Å². The van der Waals surface area contributed by atoms with Crippen LogP contribution in [0.15, 0.2) is 34.8 Å². The molecular formula is C16H16BrFO3. The van der Waals surface area contributed by atoms with Gasteiger partial charge in [0.2, 0.25) is 0 Å². The molecule has 0 radical (unpaired) electrons. The third-order valence-electron chi connectivity index (χ3n) is 3.31. The molecule has 2 aromatic rings. The van der Waals surface area contributed by atoms with E-state index in [-0.39, 0.29) is 11.3 Å². The molecule has 1 N–H and O–H groups in total. The molecule has 2 aromatic carbocycles. The van der Waals surface area contributed by atoms with Crippen molar-refractivity contribution in [2.24, 2.45) is 0 Å². The molecular weight excluding hydrogens is 339 g/mol. The fourth-order valence-electron chi connectivity index (χ4n) is 2.13. The molecule has 0 aliphatic rings. The van der Waals surface area contributed by atoms with Crippen molar-refractivity contribution in [3.8, 4) is 11.5 Å². The van der Waals surface area contributed by atoms with Crippen LogP contribution in [0.25, 0.3) is 0 Å². The Bertz CT molecular complexity index is 658. The SMILES string of the molecule is COc1cc(F)c(C(O)c2cccc(C)c2Br)cc1OC. The summed E-state index contributed by atoms with van der Waals surface area (Å²) in [7, 11) is 2.90. The van der Waals surface area contributed by atoms with E-state index in [0.717, 1.165) is 10.0 Å². The van der Waals surface area contributed by atoms with Gasteiger partial charge in [0.1, 0.15) is 11.9 Å². The van der Waals surface area contributed by atoms with Crippen LogP contribution < -0.4 is 9.47 Å². The highest BCUT2D eigenvalue weighted by Gasteiger charge is 2.21. The van der Waals surface area contributed by atoms with Gasteiger partial charge in [0.25, 0.3) is 0 Å². The summed E-state index contributed by atoms with van der Waals surface area (Å²) in [6.07, 6.45) is -1.10. The molecule has 0 amide bonds. The van der Waals surface area contributed by atoms with Crippen LogP contribution in [0.5, 0.6) is 11.5 Å². The largest absolute Gasteiger partial charge is 0.493 e. The maximum absolute atomic E-state index is 14.2. The highest BCUT2D eigenvalue weighted by atomic mass is 79.9. The van der Waals surface area contributed by atoms with Gasteiger partial charge in [-0.05, 0) is 24.1 Å². The van der Waals surface area contributed by atoms with Gasteiger partial charge < -0.3 is 14.6 Å². The third-order valence-corrected chi connectivity index (χ3v) is 4.40. The first-order valence-electron chi connectivity index (χ1n) is 6.34. The van der Waals surface area contributed by atoms with E-state index in [1.54, 1.807) is 6.07 Å². The van der Waals surface area contributed by atoms with Crippen molar-refractivity contribution in [2.45, 2.75) is 13.0 Å². The fourth-order valence-corrected chi connectivity index (χ4v) is 2.61. The molecule has 1 unspecified atom stereocenters. The Labute approximate surface area is 131 Å². The number of hydrogen-bond donors (Lipinski definition) is 1. The number of halogens is 2. The van der Waals surface area contributed by atoms with Crippen molar-refractivity contribution in [3.05, 3.63) is 57.3 Å². The van der Waals surface area contributed by atoms with Gasteiger partial charge in [-0.2, -0.15) is 0 Å². The minimum absolute atomic E-state index is 0.138. The van der Waals surface area contributed by atoms with Crippen molar-refractivity contribution in [2.75, 3.05) is 14.2 Å². The summed E-state index contributed by atoms with van der Waals surface area (Å²) in [5.74, 6) is 0.111. The molecule has 0 fully saturated rings. The molecule has 0 saturated heterocycles. The third kappa shape index (κ3) is 3.04. The second-order valence-electron chi connectivity index (χ2n) is 4.61. The smallest absolute Gasteiger partial charge is 0.163 e. The maximum atomic E-state index is 14.2. The van der Waals surface area contributed by atoms with Crippen molar-refractivity contribution < 1.29 is 19.0 Å². The van der Waals surface area contributed by atoms with Crippen LogP contribution in [0.4, 0.5) is 4.39 Å². The highest BCUT2D eigenvalue weighted by molar-refractivity contribution is 9.10. The summed E-state index contributed by atoms with van der Waals surface area (Å²) in [6, 6.07) is 8.13. The Hall–Kier alpha value is -1.59. The number of aliphatic hydroxyl groups excluding tert-OH is 1. The van der Waals surface area contributed by atoms with E-state index in [2.05, 4.69) is 15.9 Å². The highest BCUT2D eigenvalue weighted by Crippen LogP contribution is 2.37. The van der Waals surface area contributed by atoms with Crippen molar-refractivity contribution >= 4 is 15.9 Å². The zero-order chi connectivity index (χ0) is 15.6. The van der Waals surface area contributed by atoms with Crippen molar-refractivity contribution in [1.29, 1.82) is 0 Å². The first-order chi connectivity index (χ1) is 9.99. The minimum Gasteiger partial charge on any atom is -0.493 e. The number of ether oxygens (including phenoxy) is 2. The second kappa shape index (κ2) is 6.45. The molecule has 0 spiro atoms. The Kier molecular flexibility index (Phi) is 4.85. The monoisotopic (exact) mass is 354 g/mol. The average molecular weight is 355 g/mol. The maximum Gasteiger partial charge on any atom is 0.163 e. The number of benzene rings is 2. The van der Waals surface area contributed by atoms with E-state index in [0.29, 0.717) is 11.3 Å².